The Kier molecular flexibility index (Phi) is 7.15. The Morgan fingerprint density at radius 2 is 1.61 bits per heavy atom. The summed E-state index contributed by atoms with van der Waals surface area (Å²) in [4.78, 5) is 2.08. The number of halogens is 2. The van der Waals surface area contributed by atoms with E-state index in [0.717, 1.165) is 27.6 Å². The minimum atomic E-state index is 0.588. The second-order valence-electron chi connectivity index (χ2n) is 6.23. The average molecular weight is 431 g/mol. The number of nitrogens with one attached hydrogen (secondary N) is 1. The third-order valence-electron chi connectivity index (χ3n) is 4.23. The predicted octanol–water partition coefficient (Wildman–Crippen LogP) is 6.40. The molecule has 0 bridgehead atoms. The van der Waals surface area contributed by atoms with E-state index in [1.807, 2.05) is 72.8 Å². The minimum absolute atomic E-state index is 0.588. The molecule has 28 heavy (non-hydrogen) atoms. The van der Waals surface area contributed by atoms with Gasteiger partial charge in [0.05, 0.1) is 7.11 Å². The molecule has 0 saturated carbocycles. The minimum Gasteiger partial charge on any atom is -0.497 e. The first-order chi connectivity index (χ1) is 13.5. The normalized spacial score (nSPS) is 10.4. The standard InChI is InChI=1S/C22H20Cl2N2OS/c1-27-20-12-6-16(7-13-20)14-26(15-17-4-2-3-5-21(17)24)22(28)25-19-10-8-18(23)9-11-19/h2-13H,14-15H2,1H3,(H,25,28). The van der Waals surface area contributed by atoms with Gasteiger partial charge >= 0.3 is 0 Å². The predicted molar refractivity (Wildman–Crippen MR) is 121 cm³/mol. The van der Waals surface area contributed by atoms with E-state index in [1.165, 1.54) is 0 Å². The number of anilines is 1. The van der Waals surface area contributed by atoms with Crippen molar-refractivity contribution in [2.75, 3.05) is 12.4 Å². The molecule has 3 aromatic carbocycles. The van der Waals surface area contributed by atoms with Crippen LogP contribution < -0.4 is 10.1 Å². The van der Waals surface area contributed by atoms with E-state index in [4.69, 9.17) is 40.2 Å². The molecule has 0 spiro atoms. The molecule has 1 N–H and O–H groups in total. The Hall–Kier alpha value is -2.27. The van der Waals surface area contributed by atoms with Crippen molar-refractivity contribution >= 4 is 46.2 Å². The lowest BCUT2D eigenvalue weighted by molar-refractivity contribution is 0.407. The Balaban J connectivity index is 1.80. The fraction of sp³-hybridized carbons (Fsp3) is 0.136. The average Bonchev–Trinajstić information content (AvgIpc) is 2.71. The number of thiocarbonyl (C=S) groups is 1. The summed E-state index contributed by atoms with van der Waals surface area (Å²) >= 11 is 18.0. The summed E-state index contributed by atoms with van der Waals surface area (Å²) in [5.41, 5.74) is 3.01. The summed E-state index contributed by atoms with van der Waals surface area (Å²) < 4.78 is 5.24. The highest BCUT2D eigenvalue weighted by Crippen LogP contribution is 2.21. The molecule has 0 fully saturated rings. The summed E-state index contributed by atoms with van der Waals surface area (Å²) in [6.07, 6.45) is 0. The van der Waals surface area contributed by atoms with Gasteiger partial charge in [0.15, 0.2) is 5.11 Å². The Labute approximate surface area is 180 Å². The van der Waals surface area contributed by atoms with E-state index in [-0.39, 0.29) is 0 Å². The third kappa shape index (κ3) is 5.61. The van der Waals surface area contributed by atoms with Crippen molar-refractivity contribution in [2.24, 2.45) is 0 Å². The molecule has 0 unspecified atom stereocenters. The summed E-state index contributed by atoms with van der Waals surface area (Å²) in [5.74, 6) is 0.822. The molecule has 3 nitrogen and oxygen atoms in total. The van der Waals surface area contributed by atoms with E-state index < -0.39 is 0 Å². The summed E-state index contributed by atoms with van der Waals surface area (Å²) in [6, 6.07) is 23.2. The van der Waals surface area contributed by atoms with Crippen molar-refractivity contribution in [1.29, 1.82) is 0 Å². The first-order valence-electron chi connectivity index (χ1n) is 8.73. The van der Waals surface area contributed by atoms with Crippen LogP contribution in [-0.4, -0.2) is 17.1 Å². The van der Waals surface area contributed by atoms with Crippen molar-refractivity contribution in [3.05, 3.63) is 94.0 Å². The van der Waals surface area contributed by atoms with E-state index in [9.17, 15) is 0 Å². The van der Waals surface area contributed by atoms with Crippen LogP contribution >= 0.6 is 35.4 Å². The number of hydrogen-bond acceptors (Lipinski definition) is 2. The van der Waals surface area contributed by atoms with Gasteiger partial charge in [-0.05, 0) is 65.8 Å². The van der Waals surface area contributed by atoms with Crippen LogP contribution in [0.1, 0.15) is 11.1 Å². The van der Waals surface area contributed by atoms with Gasteiger partial charge in [0, 0.05) is 28.8 Å². The fourth-order valence-corrected chi connectivity index (χ4v) is 3.29. The van der Waals surface area contributed by atoms with Gasteiger partial charge in [-0.15, -0.1) is 0 Å². The van der Waals surface area contributed by atoms with Gasteiger partial charge in [-0.2, -0.15) is 0 Å². The molecule has 0 amide bonds. The lowest BCUT2D eigenvalue weighted by Gasteiger charge is -2.27. The number of methoxy groups -OCH3 is 1. The van der Waals surface area contributed by atoms with Crippen molar-refractivity contribution in [3.8, 4) is 5.75 Å². The molecule has 0 aliphatic rings. The van der Waals surface area contributed by atoms with Gasteiger partial charge in [-0.1, -0.05) is 53.5 Å². The van der Waals surface area contributed by atoms with E-state index in [1.54, 1.807) is 7.11 Å². The summed E-state index contributed by atoms with van der Waals surface area (Å²) in [5, 5.41) is 5.29. The Morgan fingerprint density at radius 3 is 2.25 bits per heavy atom. The van der Waals surface area contributed by atoms with Gasteiger partial charge in [-0.25, -0.2) is 0 Å². The fourth-order valence-electron chi connectivity index (χ4n) is 2.72. The number of nitrogens with zero attached hydrogens (tertiary/aromatic N) is 1. The van der Waals surface area contributed by atoms with Gasteiger partial charge in [-0.3, -0.25) is 0 Å². The number of ether oxygens (including phenoxy) is 1. The first-order valence-corrected chi connectivity index (χ1v) is 9.89. The number of benzene rings is 3. The molecular formula is C22H20Cl2N2OS. The quantitative estimate of drug-likeness (QED) is 0.457. The van der Waals surface area contributed by atoms with Crippen LogP contribution in [0.25, 0.3) is 0 Å². The smallest absolute Gasteiger partial charge is 0.174 e. The lowest BCUT2D eigenvalue weighted by Crippen LogP contribution is -2.33. The summed E-state index contributed by atoms with van der Waals surface area (Å²) in [7, 11) is 1.66. The number of rotatable bonds is 6. The molecule has 0 radical (unpaired) electrons. The zero-order valence-corrected chi connectivity index (χ0v) is 17.7. The molecule has 0 saturated heterocycles. The second kappa shape index (κ2) is 9.78. The van der Waals surface area contributed by atoms with Crippen LogP contribution in [0.5, 0.6) is 5.75 Å². The van der Waals surface area contributed by atoms with Crippen molar-refractivity contribution < 1.29 is 4.74 Å². The van der Waals surface area contributed by atoms with Crippen LogP contribution in [0.15, 0.2) is 72.8 Å². The van der Waals surface area contributed by atoms with Crippen LogP contribution in [0, 0.1) is 0 Å². The van der Waals surface area contributed by atoms with Gasteiger partial charge < -0.3 is 15.0 Å². The molecule has 144 valence electrons. The molecule has 3 rings (SSSR count). The van der Waals surface area contributed by atoms with Crippen molar-refractivity contribution in [2.45, 2.75) is 13.1 Å². The highest BCUT2D eigenvalue weighted by atomic mass is 35.5. The van der Waals surface area contributed by atoms with Crippen LogP contribution in [0.3, 0.4) is 0 Å². The van der Waals surface area contributed by atoms with E-state index >= 15 is 0 Å². The zero-order chi connectivity index (χ0) is 19.9. The SMILES string of the molecule is COc1ccc(CN(Cc2ccccc2Cl)C(=S)Nc2ccc(Cl)cc2)cc1. The highest BCUT2D eigenvalue weighted by Gasteiger charge is 2.13. The van der Waals surface area contributed by atoms with Crippen LogP contribution in [0.4, 0.5) is 5.69 Å². The molecule has 3 aromatic rings. The van der Waals surface area contributed by atoms with Gasteiger partial charge in [0.2, 0.25) is 0 Å². The Bertz CT molecular complexity index is 930. The lowest BCUT2D eigenvalue weighted by atomic mass is 10.1. The molecule has 0 aromatic heterocycles. The zero-order valence-electron chi connectivity index (χ0n) is 15.4. The molecule has 0 aliphatic heterocycles. The maximum Gasteiger partial charge on any atom is 0.174 e. The highest BCUT2D eigenvalue weighted by molar-refractivity contribution is 7.80. The molecule has 0 heterocycles. The van der Waals surface area contributed by atoms with Crippen molar-refractivity contribution in [1.82, 2.24) is 4.90 Å². The number of hydrogen-bond donors (Lipinski definition) is 1. The molecule has 0 atom stereocenters. The largest absolute Gasteiger partial charge is 0.497 e. The summed E-state index contributed by atoms with van der Waals surface area (Å²) in [6.45, 7) is 1.22. The van der Waals surface area contributed by atoms with Gasteiger partial charge in [0.1, 0.15) is 5.75 Å². The van der Waals surface area contributed by atoms with Gasteiger partial charge in [0.25, 0.3) is 0 Å². The van der Waals surface area contributed by atoms with E-state index in [2.05, 4.69) is 10.2 Å². The first kappa shape index (κ1) is 20.5. The maximum atomic E-state index is 6.37. The van der Waals surface area contributed by atoms with Crippen molar-refractivity contribution in [3.63, 3.8) is 0 Å². The maximum absolute atomic E-state index is 6.37. The Morgan fingerprint density at radius 1 is 0.929 bits per heavy atom. The monoisotopic (exact) mass is 430 g/mol. The topological polar surface area (TPSA) is 24.5 Å². The molecular weight excluding hydrogens is 411 g/mol. The third-order valence-corrected chi connectivity index (χ3v) is 5.22. The van der Waals surface area contributed by atoms with E-state index in [0.29, 0.717) is 23.2 Å². The second-order valence-corrected chi connectivity index (χ2v) is 7.46. The molecule has 0 aliphatic carbocycles. The van der Waals surface area contributed by atoms with Crippen LogP contribution in [-0.2, 0) is 13.1 Å². The van der Waals surface area contributed by atoms with Crippen LogP contribution in [0.2, 0.25) is 10.0 Å². The molecule has 6 heteroatoms.